The normalized spacial score (nSPS) is 10.7. The second-order valence-corrected chi connectivity index (χ2v) is 5.69. The third-order valence-corrected chi connectivity index (χ3v) is 4.08. The Morgan fingerprint density at radius 1 is 1.17 bits per heavy atom. The van der Waals surface area contributed by atoms with Crippen LogP contribution < -0.4 is 5.73 Å². The minimum Gasteiger partial charge on any atom is -0.395 e. The molecule has 1 aromatic heterocycles. The molecule has 0 saturated carbocycles. The Labute approximate surface area is 124 Å². The van der Waals surface area contributed by atoms with E-state index in [4.69, 9.17) is 40.5 Å². The first kappa shape index (κ1) is 13.7. The summed E-state index contributed by atoms with van der Waals surface area (Å²) in [7, 11) is 0. The monoisotopic (exact) mass is 319 g/mol. The van der Waals surface area contributed by atoms with Gasteiger partial charge in [-0.1, -0.05) is 35.0 Å². The van der Waals surface area contributed by atoms with Gasteiger partial charge in [0.1, 0.15) is 5.03 Å². The van der Waals surface area contributed by atoms with E-state index in [0.29, 0.717) is 26.5 Å². The molecule has 0 unspecified atom stereocenters. The summed E-state index contributed by atoms with van der Waals surface area (Å²) in [5, 5.41) is 1.90. The van der Waals surface area contributed by atoms with Crippen molar-refractivity contribution >= 4 is 52.3 Å². The van der Waals surface area contributed by atoms with E-state index in [1.165, 1.54) is 11.8 Å². The van der Waals surface area contributed by atoms with Gasteiger partial charge in [-0.05, 0) is 36.7 Å². The zero-order chi connectivity index (χ0) is 13.3. The van der Waals surface area contributed by atoms with Crippen molar-refractivity contribution in [3.63, 3.8) is 0 Å². The molecule has 0 amide bonds. The Morgan fingerprint density at radius 3 is 2.61 bits per heavy atom. The molecule has 2 N–H and O–H groups in total. The first-order valence-corrected chi connectivity index (χ1v) is 6.85. The summed E-state index contributed by atoms with van der Waals surface area (Å²) in [4.78, 5) is 8.83. The second-order valence-electron chi connectivity index (χ2n) is 3.47. The summed E-state index contributed by atoms with van der Waals surface area (Å²) in [6.45, 7) is 1.77. The lowest BCUT2D eigenvalue weighted by molar-refractivity contribution is 1.02. The SMILES string of the molecule is Cc1nc(Cl)nc(Sc2cc(Cl)ccc2Cl)c1N. The zero-order valence-electron chi connectivity index (χ0n) is 9.25. The molecule has 1 aromatic carbocycles. The highest BCUT2D eigenvalue weighted by Crippen LogP contribution is 2.37. The number of nitrogens with two attached hydrogens (primary N) is 1. The van der Waals surface area contributed by atoms with E-state index in [-0.39, 0.29) is 5.28 Å². The average Bonchev–Trinajstić information content (AvgIpc) is 2.30. The Bertz CT molecular complexity index is 604. The Morgan fingerprint density at radius 2 is 1.89 bits per heavy atom. The maximum Gasteiger partial charge on any atom is 0.223 e. The van der Waals surface area contributed by atoms with Crippen LogP contribution >= 0.6 is 46.6 Å². The van der Waals surface area contributed by atoms with Crippen LogP contribution in [0.3, 0.4) is 0 Å². The minimum absolute atomic E-state index is 0.155. The van der Waals surface area contributed by atoms with Gasteiger partial charge in [0, 0.05) is 9.92 Å². The van der Waals surface area contributed by atoms with Crippen LogP contribution in [0.2, 0.25) is 15.3 Å². The number of rotatable bonds is 2. The average molecular weight is 321 g/mol. The molecule has 3 nitrogen and oxygen atoms in total. The Kier molecular flexibility index (Phi) is 4.22. The molecular formula is C11H8Cl3N3S. The van der Waals surface area contributed by atoms with Crippen LogP contribution in [0.25, 0.3) is 0 Å². The fraction of sp³-hybridized carbons (Fsp3) is 0.0909. The van der Waals surface area contributed by atoms with Crippen LogP contribution in [-0.2, 0) is 0 Å². The fourth-order valence-electron chi connectivity index (χ4n) is 1.26. The molecule has 0 atom stereocenters. The lowest BCUT2D eigenvalue weighted by Gasteiger charge is -2.08. The number of hydrogen-bond acceptors (Lipinski definition) is 4. The molecular weight excluding hydrogens is 313 g/mol. The van der Waals surface area contributed by atoms with Gasteiger partial charge in [-0.15, -0.1) is 0 Å². The van der Waals surface area contributed by atoms with Crippen LogP contribution in [0.15, 0.2) is 28.1 Å². The van der Waals surface area contributed by atoms with Gasteiger partial charge in [-0.2, -0.15) is 0 Å². The molecule has 0 fully saturated rings. The molecule has 94 valence electrons. The van der Waals surface area contributed by atoms with Crippen LogP contribution in [0.1, 0.15) is 5.69 Å². The van der Waals surface area contributed by atoms with Gasteiger partial charge >= 0.3 is 0 Å². The number of halogens is 3. The predicted molar refractivity (Wildman–Crippen MR) is 76.8 cm³/mol. The van der Waals surface area contributed by atoms with Crippen LogP contribution in [0, 0.1) is 6.92 Å². The Balaban J connectivity index is 2.43. The number of aromatic nitrogens is 2. The molecule has 2 rings (SSSR count). The van der Waals surface area contributed by atoms with Crippen molar-refractivity contribution in [3.8, 4) is 0 Å². The highest BCUT2D eigenvalue weighted by atomic mass is 35.5. The molecule has 18 heavy (non-hydrogen) atoms. The smallest absolute Gasteiger partial charge is 0.223 e. The van der Waals surface area contributed by atoms with Crippen molar-refractivity contribution in [2.75, 3.05) is 5.73 Å². The standard InChI is InChI=1S/C11H8Cl3N3S/c1-5-9(15)10(17-11(14)16-5)18-8-4-6(12)2-3-7(8)13/h2-4H,15H2,1H3. The third-order valence-electron chi connectivity index (χ3n) is 2.17. The van der Waals surface area contributed by atoms with E-state index in [9.17, 15) is 0 Å². The number of benzene rings is 1. The molecule has 0 saturated heterocycles. The summed E-state index contributed by atoms with van der Waals surface area (Å²) < 4.78 is 0. The third kappa shape index (κ3) is 3.01. The topological polar surface area (TPSA) is 51.8 Å². The highest BCUT2D eigenvalue weighted by Gasteiger charge is 2.11. The number of nitrogens with zero attached hydrogens (tertiary/aromatic N) is 2. The van der Waals surface area contributed by atoms with Gasteiger partial charge < -0.3 is 5.73 Å². The van der Waals surface area contributed by atoms with Gasteiger partial charge in [0.05, 0.1) is 16.4 Å². The molecule has 0 aliphatic carbocycles. The quantitative estimate of drug-likeness (QED) is 0.655. The van der Waals surface area contributed by atoms with Gasteiger partial charge in [0.25, 0.3) is 0 Å². The molecule has 1 heterocycles. The van der Waals surface area contributed by atoms with Crippen molar-refractivity contribution < 1.29 is 0 Å². The number of anilines is 1. The molecule has 0 bridgehead atoms. The lowest BCUT2D eigenvalue weighted by atomic mass is 10.4. The van der Waals surface area contributed by atoms with E-state index in [2.05, 4.69) is 9.97 Å². The molecule has 0 spiro atoms. The van der Waals surface area contributed by atoms with E-state index >= 15 is 0 Å². The number of hydrogen-bond donors (Lipinski definition) is 1. The van der Waals surface area contributed by atoms with Crippen LogP contribution in [0.5, 0.6) is 0 Å². The van der Waals surface area contributed by atoms with Crippen molar-refractivity contribution in [3.05, 3.63) is 39.2 Å². The predicted octanol–water partition coefficient (Wildman–Crippen LogP) is 4.48. The maximum absolute atomic E-state index is 6.08. The van der Waals surface area contributed by atoms with Crippen molar-refractivity contribution in [2.45, 2.75) is 16.8 Å². The largest absolute Gasteiger partial charge is 0.395 e. The van der Waals surface area contributed by atoms with Gasteiger partial charge in [-0.25, -0.2) is 9.97 Å². The number of nitrogen functional groups attached to an aromatic ring is 1. The summed E-state index contributed by atoms with van der Waals surface area (Å²) in [6.07, 6.45) is 0. The van der Waals surface area contributed by atoms with Crippen molar-refractivity contribution in [1.82, 2.24) is 9.97 Å². The second kappa shape index (κ2) is 5.53. The highest BCUT2D eigenvalue weighted by molar-refractivity contribution is 7.99. The van der Waals surface area contributed by atoms with Gasteiger partial charge in [0.15, 0.2) is 0 Å². The minimum atomic E-state index is 0.155. The zero-order valence-corrected chi connectivity index (χ0v) is 12.3. The summed E-state index contributed by atoms with van der Waals surface area (Å²) in [5.74, 6) is 0. The van der Waals surface area contributed by atoms with E-state index in [0.717, 1.165) is 4.90 Å². The van der Waals surface area contributed by atoms with Crippen LogP contribution in [-0.4, -0.2) is 9.97 Å². The van der Waals surface area contributed by atoms with E-state index < -0.39 is 0 Å². The first-order valence-electron chi connectivity index (χ1n) is 4.90. The lowest BCUT2D eigenvalue weighted by Crippen LogP contribution is -1.99. The van der Waals surface area contributed by atoms with Crippen molar-refractivity contribution in [2.24, 2.45) is 0 Å². The van der Waals surface area contributed by atoms with Crippen molar-refractivity contribution in [1.29, 1.82) is 0 Å². The first-order chi connectivity index (χ1) is 8.47. The summed E-state index contributed by atoms with van der Waals surface area (Å²) >= 11 is 19.1. The maximum atomic E-state index is 6.08. The fourth-order valence-corrected chi connectivity index (χ4v) is 2.94. The van der Waals surface area contributed by atoms with Gasteiger partial charge in [-0.3, -0.25) is 0 Å². The van der Waals surface area contributed by atoms with Crippen LogP contribution in [0.4, 0.5) is 5.69 Å². The summed E-state index contributed by atoms with van der Waals surface area (Å²) in [6, 6.07) is 5.19. The molecule has 0 radical (unpaired) electrons. The summed E-state index contributed by atoms with van der Waals surface area (Å²) in [5.41, 5.74) is 7.03. The molecule has 0 aliphatic rings. The van der Waals surface area contributed by atoms with E-state index in [1.54, 1.807) is 25.1 Å². The van der Waals surface area contributed by atoms with E-state index in [1.807, 2.05) is 0 Å². The van der Waals surface area contributed by atoms with Gasteiger partial charge in [0.2, 0.25) is 5.28 Å². The number of aryl methyl sites for hydroxylation is 1. The molecule has 2 aromatic rings. The molecule has 7 heteroatoms. The molecule has 0 aliphatic heterocycles. The Hall–Kier alpha value is -0.680.